The highest BCUT2D eigenvalue weighted by Gasteiger charge is 1.93. The third-order valence-corrected chi connectivity index (χ3v) is 1.57. The van der Waals surface area contributed by atoms with Crippen LogP contribution in [0.4, 0.5) is 0 Å². The van der Waals surface area contributed by atoms with Crippen LogP contribution in [0.2, 0.25) is 0 Å². The largest absolute Gasteiger partial charge is 0.335 e. The van der Waals surface area contributed by atoms with Crippen LogP contribution in [0.5, 0.6) is 0 Å². The summed E-state index contributed by atoms with van der Waals surface area (Å²) in [5, 5.41) is 0. The van der Waals surface area contributed by atoms with Gasteiger partial charge in [0.2, 0.25) is 0 Å². The average molecular weight is 172 g/mol. The zero-order valence-corrected chi connectivity index (χ0v) is 7.64. The predicted octanol–water partition coefficient (Wildman–Crippen LogP) is 2.07. The van der Waals surface area contributed by atoms with Crippen LogP contribution >= 0.6 is 0 Å². The molecule has 0 saturated carbocycles. The number of aromatic nitrogens is 1. The van der Waals surface area contributed by atoms with E-state index in [9.17, 15) is 0 Å². The van der Waals surface area contributed by atoms with Crippen LogP contribution in [-0.4, -0.2) is 10.8 Å². The first-order valence-electron chi connectivity index (χ1n) is 4.11. The molecule has 13 heavy (non-hydrogen) atoms. The van der Waals surface area contributed by atoms with Crippen molar-refractivity contribution >= 4 is 6.21 Å². The van der Waals surface area contributed by atoms with Gasteiger partial charge in [0.15, 0.2) is 0 Å². The number of hydrogen-bond donors (Lipinski definition) is 0. The summed E-state index contributed by atoms with van der Waals surface area (Å²) >= 11 is 0. The van der Waals surface area contributed by atoms with Gasteiger partial charge in [0.1, 0.15) is 0 Å². The zero-order valence-electron chi connectivity index (χ0n) is 7.64. The molecule has 0 unspecified atom stereocenters. The molecule has 0 bridgehead atoms. The molecule has 2 heteroatoms. The normalized spacial score (nSPS) is 11.1. The van der Waals surface area contributed by atoms with Crippen molar-refractivity contribution in [1.29, 1.82) is 0 Å². The van der Waals surface area contributed by atoms with Gasteiger partial charge in [-0.2, -0.15) is 0 Å². The van der Waals surface area contributed by atoms with Crippen molar-refractivity contribution in [3.8, 4) is 12.3 Å². The summed E-state index contributed by atoms with van der Waals surface area (Å²) in [6.45, 7) is 2.52. The number of hydrogen-bond acceptors (Lipinski definition) is 1. The predicted molar refractivity (Wildman–Crippen MR) is 55.7 cm³/mol. The van der Waals surface area contributed by atoms with Crippen LogP contribution in [-0.2, 0) is 6.54 Å². The van der Waals surface area contributed by atoms with Gasteiger partial charge in [-0.05, 0) is 19.1 Å². The van der Waals surface area contributed by atoms with Crippen LogP contribution in [0, 0.1) is 12.3 Å². The Morgan fingerprint density at radius 1 is 1.69 bits per heavy atom. The molecule has 66 valence electrons. The van der Waals surface area contributed by atoms with Gasteiger partial charge in [0, 0.05) is 12.4 Å². The van der Waals surface area contributed by atoms with Gasteiger partial charge in [-0.1, -0.05) is 12.0 Å². The molecule has 1 aromatic rings. The first kappa shape index (κ1) is 9.34. The highest BCUT2D eigenvalue weighted by Crippen LogP contribution is 1.98. The summed E-state index contributed by atoms with van der Waals surface area (Å²) in [6, 6.07) is 3.93. The maximum atomic E-state index is 5.21. The summed E-state index contributed by atoms with van der Waals surface area (Å²) < 4.78 is 1.97. The van der Waals surface area contributed by atoms with Gasteiger partial charge in [0.25, 0.3) is 0 Å². The molecule has 0 aromatic carbocycles. The van der Waals surface area contributed by atoms with E-state index in [1.54, 1.807) is 12.4 Å². The number of nitrogens with zero attached hydrogens (tertiary/aromatic N) is 2. The molecule has 0 fully saturated rings. The summed E-state index contributed by atoms with van der Waals surface area (Å²) in [6.07, 6.45) is 12.6. The molecule has 0 saturated heterocycles. The molecule has 0 aliphatic rings. The molecule has 0 atom stereocenters. The Morgan fingerprint density at radius 2 is 2.54 bits per heavy atom. The molecule has 0 amide bonds. The third kappa shape index (κ3) is 2.64. The molecule has 0 N–H and O–H groups in total. The van der Waals surface area contributed by atoms with Crippen molar-refractivity contribution in [1.82, 2.24) is 4.57 Å². The molecule has 0 spiro atoms. The lowest BCUT2D eigenvalue weighted by Gasteiger charge is -1.98. The minimum Gasteiger partial charge on any atom is -0.335 e. The SMILES string of the molecule is C#CCn1cccc1C=N/C=C\C. The Balaban J connectivity index is 2.77. The lowest BCUT2D eigenvalue weighted by Crippen LogP contribution is -1.98. The third-order valence-electron chi connectivity index (χ3n) is 1.57. The minimum absolute atomic E-state index is 0.587. The summed E-state index contributed by atoms with van der Waals surface area (Å²) in [4.78, 5) is 4.08. The number of terminal acetylenes is 1. The smallest absolute Gasteiger partial charge is 0.0835 e. The fourth-order valence-corrected chi connectivity index (χ4v) is 0.992. The van der Waals surface area contributed by atoms with Gasteiger partial charge >= 0.3 is 0 Å². The number of aliphatic imine (C=N–C) groups is 1. The van der Waals surface area contributed by atoms with E-state index in [0.717, 1.165) is 5.69 Å². The fraction of sp³-hybridized carbons (Fsp3) is 0.182. The Hall–Kier alpha value is -1.75. The molecule has 0 radical (unpaired) electrons. The molecular formula is C11H12N2. The maximum Gasteiger partial charge on any atom is 0.0835 e. The van der Waals surface area contributed by atoms with E-state index in [1.807, 2.05) is 35.9 Å². The van der Waals surface area contributed by atoms with Crippen molar-refractivity contribution in [2.75, 3.05) is 0 Å². The fourth-order valence-electron chi connectivity index (χ4n) is 0.992. The van der Waals surface area contributed by atoms with Gasteiger partial charge in [0.05, 0.1) is 18.5 Å². The Labute approximate surface area is 78.6 Å². The number of rotatable bonds is 3. The van der Waals surface area contributed by atoms with Gasteiger partial charge < -0.3 is 4.57 Å². The average Bonchev–Trinajstić information content (AvgIpc) is 2.54. The molecular weight excluding hydrogens is 160 g/mol. The summed E-state index contributed by atoms with van der Waals surface area (Å²) in [7, 11) is 0. The second kappa shape index (κ2) is 5.00. The summed E-state index contributed by atoms with van der Waals surface area (Å²) in [5.74, 6) is 2.58. The molecule has 0 aliphatic heterocycles. The molecule has 1 heterocycles. The van der Waals surface area contributed by atoms with Crippen molar-refractivity contribution in [2.24, 2.45) is 4.99 Å². The van der Waals surface area contributed by atoms with E-state index in [2.05, 4.69) is 10.9 Å². The number of allylic oxidation sites excluding steroid dienone is 1. The van der Waals surface area contributed by atoms with E-state index >= 15 is 0 Å². The maximum absolute atomic E-state index is 5.21. The minimum atomic E-state index is 0.587. The van der Waals surface area contributed by atoms with E-state index in [4.69, 9.17) is 6.42 Å². The molecule has 0 aliphatic carbocycles. The van der Waals surface area contributed by atoms with E-state index < -0.39 is 0 Å². The van der Waals surface area contributed by atoms with E-state index in [-0.39, 0.29) is 0 Å². The van der Waals surface area contributed by atoms with Crippen LogP contribution in [0.15, 0.2) is 35.6 Å². The zero-order chi connectivity index (χ0) is 9.52. The van der Waals surface area contributed by atoms with Crippen molar-refractivity contribution in [3.05, 3.63) is 36.3 Å². The van der Waals surface area contributed by atoms with Gasteiger partial charge in [-0.25, -0.2) is 0 Å². The van der Waals surface area contributed by atoms with Crippen molar-refractivity contribution < 1.29 is 0 Å². The van der Waals surface area contributed by atoms with Crippen molar-refractivity contribution in [3.63, 3.8) is 0 Å². The second-order valence-corrected chi connectivity index (χ2v) is 2.53. The van der Waals surface area contributed by atoms with Crippen LogP contribution in [0.25, 0.3) is 0 Å². The molecule has 1 rings (SSSR count). The van der Waals surface area contributed by atoms with Crippen molar-refractivity contribution in [2.45, 2.75) is 13.5 Å². The first-order chi connectivity index (χ1) is 6.38. The second-order valence-electron chi connectivity index (χ2n) is 2.53. The highest BCUT2D eigenvalue weighted by molar-refractivity contribution is 5.78. The Bertz CT molecular complexity index is 350. The van der Waals surface area contributed by atoms with Crippen LogP contribution < -0.4 is 0 Å². The quantitative estimate of drug-likeness (QED) is 0.490. The lowest BCUT2D eigenvalue weighted by atomic mass is 10.4. The molecule has 2 nitrogen and oxygen atoms in total. The van der Waals surface area contributed by atoms with E-state index in [1.165, 1.54) is 0 Å². The van der Waals surface area contributed by atoms with Crippen LogP contribution in [0.3, 0.4) is 0 Å². The first-order valence-corrected chi connectivity index (χ1v) is 4.11. The Kier molecular flexibility index (Phi) is 3.59. The summed E-state index contributed by atoms with van der Waals surface area (Å²) in [5.41, 5.74) is 1.02. The van der Waals surface area contributed by atoms with E-state index in [0.29, 0.717) is 6.54 Å². The van der Waals surface area contributed by atoms with Gasteiger partial charge in [-0.3, -0.25) is 4.99 Å². The molecule has 1 aromatic heterocycles. The standard InChI is InChI=1S/C11H12N2/c1-3-7-12-10-11-6-5-9-13(11)8-4-2/h2-3,5-7,9-10H,8H2,1H3/b7-3-,12-10?. The lowest BCUT2D eigenvalue weighted by molar-refractivity contribution is 0.844. The Morgan fingerprint density at radius 3 is 3.23 bits per heavy atom. The topological polar surface area (TPSA) is 17.3 Å². The monoisotopic (exact) mass is 172 g/mol. The van der Waals surface area contributed by atoms with Crippen LogP contribution in [0.1, 0.15) is 12.6 Å². The van der Waals surface area contributed by atoms with Gasteiger partial charge in [-0.15, -0.1) is 6.42 Å². The highest BCUT2D eigenvalue weighted by atomic mass is 15.0.